The Balaban J connectivity index is 2.00. The lowest BCUT2D eigenvalue weighted by molar-refractivity contribution is 0.534. The Morgan fingerprint density at radius 1 is 1.50 bits per heavy atom. The minimum absolute atomic E-state index is 0.351. The van der Waals surface area contributed by atoms with Gasteiger partial charge in [0.2, 0.25) is 0 Å². The monoisotopic (exact) mass is 294 g/mol. The molecule has 0 amide bonds. The van der Waals surface area contributed by atoms with Gasteiger partial charge in [-0.2, -0.15) is 5.10 Å². The van der Waals surface area contributed by atoms with E-state index in [1.807, 2.05) is 20.2 Å². The number of hydrogen-bond donors (Lipinski definition) is 1. The number of nitrogens with zero attached hydrogens (tertiary/aromatic N) is 3. The predicted octanol–water partition coefficient (Wildman–Crippen LogP) is 1.52. The van der Waals surface area contributed by atoms with Crippen LogP contribution in [-0.4, -0.2) is 37.0 Å². The molecule has 0 aliphatic heterocycles. The summed E-state index contributed by atoms with van der Waals surface area (Å²) in [4.78, 5) is 4.47. The zero-order valence-corrected chi connectivity index (χ0v) is 13.3. The average Bonchev–Trinajstić information content (AvgIpc) is 2.69. The van der Waals surface area contributed by atoms with Crippen molar-refractivity contribution in [1.82, 2.24) is 20.1 Å². The van der Waals surface area contributed by atoms with E-state index in [4.69, 9.17) is 0 Å². The molecule has 6 heteroatoms. The van der Waals surface area contributed by atoms with E-state index in [1.54, 1.807) is 10.9 Å². The highest BCUT2D eigenvalue weighted by atomic mass is 32.2. The Hall–Kier alpha value is -1.27. The van der Waals surface area contributed by atoms with Gasteiger partial charge in [0.25, 0.3) is 0 Å². The van der Waals surface area contributed by atoms with Gasteiger partial charge >= 0.3 is 0 Å². The third kappa shape index (κ3) is 3.64. The molecule has 0 spiro atoms. The predicted molar refractivity (Wildman–Crippen MR) is 83.1 cm³/mol. The lowest BCUT2D eigenvalue weighted by atomic mass is 10.2. The van der Waals surface area contributed by atoms with Gasteiger partial charge in [-0.3, -0.25) is 8.89 Å². The van der Waals surface area contributed by atoms with Crippen molar-refractivity contribution in [2.75, 3.05) is 12.0 Å². The van der Waals surface area contributed by atoms with Crippen molar-refractivity contribution in [2.24, 2.45) is 7.05 Å². The van der Waals surface area contributed by atoms with Crippen LogP contribution in [0.25, 0.3) is 11.0 Å². The molecule has 0 fully saturated rings. The topological polar surface area (TPSA) is 59.8 Å². The summed E-state index contributed by atoms with van der Waals surface area (Å²) in [6, 6.07) is 2.49. The van der Waals surface area contributed by atoms with Crippen molar-refractivity contribution in [1.29, 1.82) is 0 Å². The van der Waals surface area contributed by atoms with Crippen molar-refractivity contribution in [3.63, 3.8) is 0 Å². The van der Waals surface area contributed by atoms with Crippen LogP contribution in [0.5, 0.6) is 0 Å². The Labute approximate surface area is 122 Å². The molecule has 0 saturated heterocycles. The summed E-state index contributed by atoms with van der Waals surface area (Å²) < 4.78 is 12.9. The second-order valence-corrected chi connectivity index (χ2v) is 6.83. The van der Waals surface area contributed by atoms with Gasteiger partial charge < -0.3 is 5.32 Å². The summed E-state index contributed by atoms with van der Waals surface area (Å²) in [5.74, 6) is 0.743. The maximum atomic E-state index is 11.1. The second kappa shape index (κ2) is 6.45. The largest absolute Gasteiger partial charge is 0.310 e. The Morgan fingerprint density at radius 2 is 2.25 bits per heavy atom. The molecule has 0 aromatic carbocycles. The number of aromatic nitrogens is 3. The van der Waals surface area contributed by atoms with Crippen LogP contribution in [0.3, 0.4) is 0 Å². The fraction of sp³-hybridized carbons (Fsp3) is 0.571. The third-order valence-electron chi connectivity index (χ3n) is 3.41. The first-order valence-corrected chi connectivity index (χ1v) is 8.51. The molecule has 0 radical (unpaired) electrons. The fourth-order valence-electron chi connectivity index (χ4n) is 2.18. The van der Waals surface area contributed by atoms with E-state index < -0.39 is 10.8 Å². The lowest BCUT2D eigenvalue weighted by Gasteiger charge is -2.12. The summed E-state index contributed by atoms with van der Waals surface area (Å²) in [6.45, 7) is 4.89. The summed E-state index contributed by atoms with van der Waals surface area (Å²) in [5, 5.41) is 8.92. The molecule has 20 heavy (non-hydrogen) atoms. The minimum Gasteiger partial charge on any atom is -0.310 e. The zero-order chi connectivity index (χ0) is 14.7. The highest BCUT2D eigenvalue weighted by Gasteiger charge is 2.08. The molecular formula is C14H22N4OS. The van der Waals surface area contributed by atoms with E-state index in [-0.39, 0.29) is 0 Å². The highest BCUT2D eigenvalue weighted by Crippen LogP contribution is 2.16. The molecule has 0 aliphatic rings. The molecule has 1 N–H and O–H groups in total. The van der Waals surface area contributed by atoms with E-state index in [0.29, 0.717) is 6.04 Å². The van der Waals surface area contributed by atoms with Gasteiger partial charge in [-0.15, -0.1) is 0 Å². The van der Waals surface area contributed by atoms with Gasteiger partial charge in [0.15, 0.2) is 5.65 Å². The van der Waals surface area contributed by atoms with Gasteiger partial charge in [0.05, 0.1) is 5.69 Å². The van der Waals surface area contributed by atoms with E-state index in [0.717, 1.165) is 41.0 Å². The Kier molecular flexibility index (Phi) is 4.88. The van der Waals surface area contributed by atoms with Crippen molar-refractivity contribution >= 4 is 21.8 Å². The molecule has 0 aliphatic carbocycles. The molecule has 2 heterocycles. The smallest absolute Gasteiger partial charge is 0.157 e. The first kappa shape index (κ1) is 15.1. The summed E-state index contributed by atoms with van der Waals surface area (Å²) in [7, 11) is 1.19. The second-order valence-electron chi connectivity index (χ2n) is 5.27. The van der Waals surface area contributed by atoms with Gasteiger partial charge in [-0.25, -0.2) is 4.98 Å². The van der Waals surface area contributed by atoms with Crippen molar-refractivity contribution in [3.8, 4) is 0 Å². The molecule has 5 nitrogen and oxygen atoms in total. The van der Waals surface area contributed by atoms with Crippen LogP contribution in [-0.2, 0) is 24.4 Å². The fourth-order valence-corrected chi connectivity index (χ4v) is 2.87. The number of hydrogen-bond acceptors (Lipinski definition) is 4. The molecule has 2 rings (SSSR count). The highest BCUT2D eigenvalue weighted by molar-refractivity contribution is 7.84. The van der Waals surface area contributed by atoms with Crippen LogP contribution in [0.4, 0.5) is 0 Å². The van der Waals surface area contributed by atoms with Crippen LogP contribution in [0.2, 0.25) is 0 Å². The number of fused-ring (bicyclic) bond motifs is 1. The van der Waals surface area contributed by atoms with Gasteiger partial charge in [0.1, 0.15) is 0 Å². The maximum absolute atomic E-state index is 11.1. The quantitative estimate of drug-likeness (QED) is 0.877. The Bertz CT molecular complexity index is 623. The van der Waals surface area contributed by atoms with Crippen LogP contribution in [0.1, 0.15) is 24.6 Å². The molecule has 110 valence electrons. The standard InChI is InChI=1S/C14H22N4OS/c1-10(5-6-20(4)19)15-8-12-7-13-11(2)17-18(3)14(13)16-9-12/h7,9-10,15H,5-6,8H2,1-4H3. The van der Waals surface area contributed by atoms with E-state index in [2.05, 4.69) is 28.4 Å². The van der Waals surface area contributed by atoms with Crippen LogP contribution in [0.15, 0.2) is 12.3 Å². The number of rotatable bonds is 6. The van der Waals surface area contributed by atoms with E-state index in [1.165, 1.54) is 0 Å². The molecule has 2 atom stereocenters. The Morgan fingerprint density at radius 3 is 2.95 bits per heavy atom. The zero-order valence-electron chi connectivity index (χ0n) is 12.5. The SMILES string of the molecule is Cc1nn(C)c2ncc(CNC(C)CCS(C)=O)cc12. The maximum Gasteiger partial charge on any atom is 0.157 e. The van der Waals surface area contributed by atoms with E-state index >= 15 is 0 Å². The lowest BCUT2D eigenvalue weighted by Crippen LogP contribution is -2.27. The normalized spacial score (nSPS) is 14.6. The summed E-state index contributed by atoms with van der Waals surface area (Å²) >= 11 is 0. The van der Waals surface area contributed by atoms with Gasteiger partial charge in [0, 0.05) is 54.0 Å². The number of nitrogens with one attached hydrogen (secondary N) is 1. The van der Waals surface area contributed by atoms with Crippen LogP contribution < -0.4 is 5.32 Å². The molecular weight excluding hydrogens is 272 g/mol. The van der Waals surface area contributed by atoms with Crippen LogP contribution in [0, 0.1) is 6.92 Å². The van der Waals surface area contributed by atoms with E-state index in [9.17, 15) is 4.21 Å². The average molecular weight is 294 g/mol. The molecule has 2 aromatic heterocycles. The van der Waals surface area contributed by atoms with Crippen molar-refractivity contribution in [3.05, 3.63) is 23.5 Å². The van der Waals surface area contributed by atoms with Crippen LogP contribution >= 0.6 is 0 Å². The third-order valence-corrected chi connectivity index (χ3v) is 4.22. The summed E-state index contributed by atoms with van der Waals surface area (Å²) in [6.07, 6.45) is 4.56. The first-order valence-electron chi connectivity index (χ1n) is 6.79. The molecule has 2 aromatic rings. The number of pyridine rings is 1. The number of aryl methyl sites for hydroxylation is 2. The van der Waals surface area contributed by atoms with Gasteiger partial charge in [-0.05, 0) is 31.9 Å². The molecule has 2 unspecified atom stereocenters. The molecule has 0 saturated carbocycles. The summed E-state index contributed by atoms with van der Waals surface area (Å²) in [5.41, 5.74) is 3.07. The van der Waals surface area contributed by atoms with Crippen molar-refractivity contribution in [2.45, 2.75) is 32.9 Å². The van der Waals surface area contributed by atoms with Gasteiger partial charge in [-0.1, -0.05) is 0 Å². The first-order chi connectivity index (χ1) is 9.47. The van der Waals surface area contributed by atoms with Crippen molar-refractivity contribution < 1.29 is 4.21 Å². The molecule has 0 bridgehead atoms. The minimum atomic E-state index is -0.717.